The second-order valence-corrected chi connectivity index (χ2v) is 2.38. The van der Waals surface area contributed by atoms with E-state index in [4.69, 9.17) is 15.9 Å². The van der Waals surface area contributed by atoms with Crippen molar-refractivity contribution in [2.24, 2.45) is 0 Å². The molecule has 0 spiro atoms. The molecule has 0 aromatic carbocycles. The summed E-state index contributed by atoms with van der Waals surface area (Å²) in [6, 6.07) is 0. The summed E-state index contributed by atoms with van der Waals surface area (Å²) in [7, 11) is 0. The van der Waals surface area contributed by atoms with Crippen molar-refractivity contribution in [3.05, 3.63) is 17.5 Å². The zero-order chi connectivity index (χ0) is 10.0. The van der Waals surface area contributed by atoms with Crippen LogP contribution in [0.3, 0.4) is 0 Å². The number of aliphatic hydroxyl groups excluding tert-OH is 1. The Bertz CT molecular complexity index is 318. The summed E-state index contributed by atoms with van der Waals surface area (Å²) < 4.78 is 24.6. The molecular weight excluding hydrogens is 182 g/mol. The van der Waals surface area contributed by atoms with Gasteiger partial charge in [-0.05, 0) is 0 Å². The predicted octanol–water partition coefficient (Wildman–Crippen LogP) is 0.799. The van der Waals surface area contributed by atoms with Gasteiger partial charge in [-0.2, -0.15) is 0 Å². The van der Waals surface area contributed by atoms with Crippen LogP contribution in [0.25, 0.3) is 0 Å². The Morgan fingerprint density at radius 1 is 1.54 bits per heavy atom. The lowest BCUT2D eigenvalue weighted by molar-refractivity contribution is 0.146. The number of hydrogen-bond donors (Lipinski definition) is 3. The highest BCUT2D eigenvalue weighted by Gasteiger charge is 2.19. The van der Waals surface area contributed by atoms with Crippen LogP contribution in [0.5, 0.6) is 5.75 Å². The molecule has 0 fully saturated rings. The van der Waals surface area contributed by atoms with Crippen LogP contribution in [0.1, 0.15) is 17.7 Å². The van der Waals surface area contributed by atoms with Crippen molar-refractivity contribution in [3.63, 3.8) is 0 Å². The van der Waals surface area contributed by atoms with E-state index in [0.717, 1.165) is 6.20 Å². The minimum Gasteiger partial charge on any atom is -0.504 e. The number of pyridine rings is 1. The van der Waals surface area contributed by atoms with Crippen molar-refractivity contribution in [2.45, 2.75) is 13.0 Å². The van der Waals surface area contributed by atoms with E-state index in [9.17, 15) is 8.78 Å². The molecule has 0 bridgehead atoms. The Balaban J connectivity index is 3.32. The standard InChI is InChI=1S/C7H8F2N2O2/c8-7(9)5-3(2-12)11-1-4(13)6(5)10/h1,7,12-13H,2H2,(H2,10,11). The third-order valence-corrected chi connectivity index (χ3v) is 1.59. The first kappa shape index (κ1) is 9.66. The van der Waals surface area contributed by atoms with Gasteiger partial charge in [0.25, 0.3) is 6.43 Å². The Morgan fingerprint density at radius 2 is 2.15 bits per heavy atom. The van der Waals surface area contributed by atoms with E-state index >= 15 is 0 Å². The molecule has 0 unspecified atom stereocenters. The van der Waals surface area contributed by atoms with Crippen LogP contribution in [0.15, 0.2) is 6.20 Å². The fourth-order valence-electron chi connectivity index (χ4n) is 0.941. The van der Waals surface area contributed by atoms with E-state index in [1.54, 1.807) is 0 Å². The average Bonchev–Trinajstić information content (AvgIpc) is 2.08. The Labute approximate surface area is 72.6 Å². The first-order chi connectivity index (χ1) is 6.07. The maximum absolute atomic E-state index is 12.3. The lowest BCUT2D eigenvalue weighted by Gasteiger charge is -2.09. The lowest BCUT2D eigenvalue weighted by Crippen LogP contribution is -2.03. The van der Waals surface area contributed by atoms with Gasteiger partial charge in [-0.3, -0.25) is 4.98 Å². The number of rotatable bonds is 2. The second-order valence-electron chi connectivity index (χ2n) is 2.38. The highest BCUT2D eigenvalue weighted by Crippen LogP contribution is 2.32. The van der Waals surface area contributed by atoms with Gasteiger partial charge in [0.1, 0.15) is 0 Å². The highest BCUT2D eigenvalue weighted by atomic mass is 19.3. The molecule has 0 amide bonds. The molecule has 4 nitrogen and oxygen atoms in total. The van der Waals surface area contributed by atoms with Gasteiger partial charge < -0.3 is 15.9 Å². The molecule has 0 saturated heterocycles. The molecule has 1 aromatic rings. The Morgan fingerprint density at radius 3 is 2.62 bits per heavy atom. The molecule has 6 heteroatoms. The summed E-state index contributed by atoms with van der Waals surface area (Å²) in [4.78, 5) is 3.42. The molecule has 0 atom stereocenters. The van der Waals surface area contributed by atoms with Gasteiger partial charge in [0.15, 0.2) is 5.75 Å². The summed E-state index contributed by atoms with van der Waals surface area (Å²) in [6.45, 7) is -0.635. The minimum atomic E-state index is -2.86. The van der Waals surface area contributed by atoms with Crippen LogP contribution in [0.4, 0.5) is 14.5 Å². The van der Waals surface area contributed by atoms with E-state index < -0.39 is 30.0 Å². The van der Waals surface area contributed by atoms with Crippen molar-refractivity contribution < 1.29 is 19.0 Å². The number of alkyl halides is 2. The number of halogens is 2. The summed E-state index contributed by atoms with van der Waals surface area (Å²) >= 11 is 0. The van der Waals surface area contributed by atoms with E-state index in [-0.39, 0.29) is 5.69 Å². The molecule has 1 aromatic heterocycles. The van der Waals surface area contributed by atoms with E-state index in [1.807, 2.05) is 0 Å². The van der Waals surface area contributed by atoms with Gasteiger partial charge in [0.05, 0.1) is 29.7 Å². The Hall–Kier alpha value is -1.43. The maximum atomic E-state index is 12.3. The predicted molar refractivity (Wildman–Crippen MR) is 41.2 cm³/mol. The summed E-state index contributed by atoms with van der Waals surface area (Å²) in [5.74, 6) is -0.507. The molecule has 0 saturated carbocycles. The first-order valence-electron chi connectivity index (χ1n) is 3.43. The number of nitrogens with zero attached hydrogens (tertiary/aromatic N) is 1. The smallest absolute Gasteiger partial charge is 0.267 e. The van der Waals surface area contributed by atoms with Crippen LogP contribution >= 0.6 is 0 Å². The van der Waals surface area contributed by atoms with Crippen molar-refractivity contribution in [2.75, 3.05) is 5.73 Å². The lowest BCUT2D eigenvalue weighted by atomic mass is 10.1. The SMILES string of the molecule is Nc1c(O)cnc(CO)c1C(F)F. The average molecular weight is 190 g/mol. The summed E-state index contributed by atoms with van der Waals surface area (Å²) in [5, 5.41) is 17.6. The number of aromatic hydroxyl groups is 1. The maximum Gasteiger partial charge on any atom is 0.267 e. The minimum absolute atomic E-state index is 0.217. The molecule has 0 radical (unpaired) electrons. The molecular formula is C7H8F2N2O2. The monoisotopic (exact) mass is 190 g/mol. The van der Waals surface area contributed by atoms with Crippen molar-refractivity contribution >= 4 is 5.69 Å². The van der Waals surface area contributed by atoms with Crippen molar-refractivity contribution in [3.8, 4) is 5.75 Å². The zero-order valence-corrected chi connectivity index (χ0v) is 6.54. The van der Waals surface area contributed by atoms with Gasteiger partial charge in [-0.1, -0.05) is 0 Å². The number of aliphatic hydroxyl groups is 1. The number of anilines is 1. The van der Waals surface area contributed by atoms with Gasteiger partial charge in [-0.15, -0.1) is 0 Å². The molecule has 72 valence electrons. The van der Waals surface area contributed by atoms with E-state index in [0.29, 0.717) is 0 Å². The van der Waals surface area contributed by atoms with Crippen LogP contribution < -0.4 is 5.73 Å². The van der Waals surface area contributed by atoms with Crippen molar-refractivity contribution in [1.82, 2.24) is 4.98 Å². The topological polar surface area (TPSA) is 79.4 Å². The molecule has 13 heavy (non-hydrogen) atoms. The van der Waals surface area contributed by atoms with Gasteiger partial charge in [0.2, 0.25) is 0 Å². The third kappa shape index (κ3) is 1.67. The first-order valence-corrected chi connectivity index (χ1v) is 3.43. The molecule has 4 N–H and O–H groups in total. The fourth-order valence-corrected chi connectivity index (χ4v) is 0.941. The molecule has 0 aliphatic carbocycles. The molecule has 1 rings (SSSR count). The van der Waals surface area contributed by atoms with Gasteiger partial charge >= 0.3 is 0 Å². The van der Waals surface area contributed by atoms with E-state index in [1.165, 1.54) is 0 Å². The third-order valence-electron chi connectivity index (χ3n) is 1.59. The second kappa shape index (κ2) is 3.53. The van der Waals surface area contributed by atoms with Crippen LogP contribution in [-0.2, 0) is 6.61 Å². The van der Waals surface area contributed by atoms with Crippen LogP contribution in [0, 0.1) is 0 Å². The normalized spacial score (nSPS) is 10.8. The number of nitrogens with two attached hydrogens (primary N) is 1. The molecule has 0 aliphatic rings. The van der Waals surface area contributed by atoms with Crippen molar-refractivity contribution in [1.29, 1.82) is 0 Å². The quantitative estimate of drug-likeness (QED) is 0.644. The number of aromatic nitrogens is 1. The highest BCUT2D eigenvalue weighted by molar-refractivity contribution is 5.58. The zero-order valence-electron chi connectivity index (χ0n) is 6.54. The van der Waals surface area contributed by atoms with Gasteiger partial charge in [0, 0.05) is 0 Å². The number of hydrogen-bond acceptors (Lipinski definition) is 4. The molecule has 0 aliphatic heterocycles. The summed E-state index contributed by atoms with van der Waals surface area (Å²) in [6.07, 6.45) is -1.94. The van der Waals surface area contributed by atoms with Crippen LogP contribution in [0.2, 0.25) is 0 Å². The Kier molecular flexibility index (Phi) is 2.62. The summed E-state index contributed by atoms with van der Waals surface area (Å²) in [5.41, 5.74) is 3.92. The fraction of sp³-hybridized carbons (Fsp3) is 0.286. The number of nitrogen functional groups attached to an aromatic ring is 1. The molecule has 1 heterocycles. The van der Waals surface area contributed by atoms with Crippen LogP contribution in [-0.4, -0.2) is 15.2 Å². The van der Waals surface area contributed by atoms with E-state index in [2.05, 4.69) is 4.98 Å². The van der Waals surface area contributed by atoms with Gasteiger partial charge in [-0.25, -0.2) is 8.78 Å². The largest absolute Gasteiger partial charge is 0.504 e.